The number of ether oxygens (including phenoxy) is 2. The van der Waals surface area contributed by atoms with Crippen LogP contribution < -0.4 is 0 Å². The van der Waals surface area contributed by atoms with E-state index in [0.29, 0.717) is 5.56 Å². The van der Waals surface area contributed by atoms with Gasteiger partial charge in [0.05, 0.1) is 22.6 Å². The molecule has 0 aromatic heterocycles. The first-order chi connectivity index (χ1) is 16.5. The lowest BCUT2D eigenvalue weighted by Crippen LogP contribution is -2.40. The highest BCUT2D eigenvalue weighted by Gasteiger charge is 2.33. The molecule has 0 aliphatic carbocycles. The van der Waals surface area contributed by atoms with E-state index in [1.54, 1.807) is 30.3 Å². The number of aliphatic hydroxyl groups excluding tert-OH is 1. The van der Waals surface area contributed by atoms with E-state index < -0.39 is 35.6 Å². The van der Waals surface area contributed by atoms with E-state index >= 15 is 0 Å². The summed E-state index contributed by atoms with van der Waals surface area (Å²) in [6, 6.07) is 25.3. The molecule has 0 heterocycles. The minimum Gasteiger partial charge on any atom is -0.461 e. The molecule has 0 spiro atoms. The SMILES string of the molecule is O=C(OC[C@H](Br)[C@@H](OC(=O)c1ccc2ccccc2c1)[C@H](F)CO)c1ccc2ccccc2c1. The summed E-state index contributed by atoms with van der Waals surface area (Å²) >= 11 is 3.26. The zero-order valence-electron chi connectivity index (χ0n) is 18.1. The molecule has 0 bridgehead atoms. The fourth-order valence-corrected chi connectivity index (χ4v) is 4.21. The molecule has 0 amide bonds. The van der Waals surface area contributed by atoms with E-state index in [2.05, 4.69) is 15.9 Å². The minimum absolute atomic E-state index is 0.252. The lowest BCUT2D eigenvalue weighted by Gasteiger charge is -2.25. The number of carbonyl (C=O) groups is 2. The van der Waals surface area contributed by atoms with Crippen molar-refractivity contribution in [2.75, 3.05) is 13.2 Å². The standard InChI is InChI=1S/C27H22BrFO5/c28-23(16-33-26(31)21-11-9-17-5-1-3-7-19(17)13-21)25(24(29)15-30)34-27(32)22-12-10-18-6-2-4-8-20(18)14-22/h1-14,23-25,30H,15-16H2/t23-,24+,25+/m0/s1. The third-order valence-corrected chi connectivity index (χ3v) is 6.26. The molecular weight excluding hydrogens is 503 g/mol. The van der Waals surface area contributed by atoms with Crippen molar-refractivity contribution in [3.63, 3.8) is 0 Å². The van der Waals surface area contributed by atoms with Gasteiger partial charge in [-0.15, -0.1) is 0 Å². The van der Waals surface area contributed by atoms with E-state index in [0.717, 1.165) is 21.5 Å². The molecule has 0 unspecified atom stereocenters. The highest BCUT2D eigenvalue weighted by atomic mass is 79.9. The van der Waals surface area contributed by atoms with Gasteiger partial charge in [-0.05, 0) is 45.8 Å². The van der Waals surface area contributed by atoms with Crippen LogP contribution in [-0.4, -0.2) is 47.4 Å². The molecule has 3 atom stereocenters. The summed E-state index contributed by atoms with van der Waals surface area (Å²) in [4.78, 5) is 24.4. The van der Waals surface area contributed by atoms with Gasteiger partial charge in [0.15, 0.2) is 12.3 Å². The van der Waals surface area contributed by atoms with Crippen molar-refractivity contribution in [1.82, 2.24) is 0 Å². The largest absolute Gasteiger partial charge is 0.461 e. The summed E-state index contributed by atoms with van der Waals surface area (Å²) in [5.74, 6) is -1.33. The number of esters is 2. The second-order valence-electron chi connectivity index (χ2n) is 7.81. The number of rotatable bonds is 8. The van der Waals surface area contributed by atoms with Crippen LogP contribution in [0.5, 0.6) is 0 Å². The lowest BCUT2D eigenvalue weighted by molar-refractivity contribution is -0.0137. The maximum Gasteiger partial charge on any atom is 0.338 e. The summed E-state index contributed by atoms with van der Waals surface area (Å²) in [5, 5.41) is 13.0. The first-order valence-electron chi connectivity index (χ1n) is 10.7. The van der Waals surface area contributed by atoms with Crippen LogP contribution in [0.15, 0.2) is 84.9 Å². The molecule has 0 saturated carbocycles. The third-order valence-electron chi connectivity index (χ3n) is 5.47. The van der Waals surface area contributed by atoms with E-state index in [4.69, 9.17) is 9.47 Å². The van der Waals surface area contributed by atoms with E-state index in [9.17, 15) is 19.1 Å². The fraction of sp³-hybridized carbons (Fsp3) is 0.185. The zero-order valence-corrected chi connectivity index (χ0v) is 19.7. The molecule has 0 fully saturated rings. The van der Waals surface area contributed by atoms with Gasteiger partial charge in [-0.25, -0.2) is 14.0 Å². The fourth-order valence-electron chi connectivity index (χ4n) is 3.64. The molecule has 0 aliphatic heterocycles. The zero-order chi connectivity index (χ0) is 24.1. The van der Waals surface area contributed by atoms with Crippen molar-refractivity contribution in [2.24, 2.45) is 0 Å². The number of fused-ring (bicyclic) bond motifs is 2. The van der Waals surface area contributed by atoms with E-state index in [1.165, 1.54) is 0 Å². The normalized spacial score (nSPS) is 13.9. The van der Waals surface area contributed by atoms with Gasteiger partial charge in [-0.2, -0.15) is 0 Å². The van der Waals surface area contributed by atoms with Crippen LogP contribution >= 0.6 is 15.9 Å². The molecule has 0 saturated heterocycles. The molecule has 0 radical (unpaired) electrons. The lowest BCUT2D eigenvalue weighted by atomic mass is 10.1. The Bertz CT molecular complexity index is 1320. The summed E-state index contributed by atoms with van der Waals surface area (Å²) in [6.45, 7) is -1.11. The first kappa shape index (κ1) is 23.9. The second-order valence-corrected chi connectivity index (χ2v) is 8.98. The van der Waals surface area contributed by atoms with Crippen molar-refractivity contribution in [1.29, 1.82) is 0 Å². The van der Waals surface area contributed by atoms with Crippen LogP contribution in [-0.2, 0) is 9.47 Å². The Morgan fingerprint density at radius 2 is 1.29 bits per heavy atom. The number of hydrogen-bond acceptors (Lipinski definition) is 5. The molecule has 174 valence electrons. The summed E-state index contributed by atoms with van der Waals surface area (Å²) in [7, 11) is 0. The number of halogens is 2. The molecule has 4 aromatic rings. The maximum absolute atomic E-state index is 14.5. The van der Waals surface area contributed by atoms with Gasteiger partial charge in [-0.1, -0.05) is 76.6 Å². The molecule has 4 aromatic carbocycles. The van der Waals surface area contributed by atoms with Crippen molar-refractivity contribution in [3.8, 4) is 0 Å². The first-order valence-corrected chi connectivity index (χ1v) is 11.6. The monoisotopic (exact) mass is 524 g/mol. The Hall–Kier alpha value is -3.29. The van der Waals surface area contributed by atoms with Crippen molar-refractivity contribution >= 4 is 49.4 Å². The van der Waals surface area contributed by atoms with Gasteiger partial charge in [0.2, 0.25) is 0 Å². The Morgan fingerprint density at radius 1 is 0.794 bits per heavy atom. The van der Waals surface area contributed by atoms with Gasteiger partial charge in [-0.3, -0.25) is 0 Å². The van der Waals surface area contributed by atoms with Gasteiger partial charge < -0.3 is 14.6 Å². The van der Waals surface area contributed by atoms with Crippen LogP contribution in [0.2, 0.25) is 0 Å². The van der Waals surface area contributed by atoms with Crippen molar-refractivity contribution in [2.45, 2.75) is 17.1 Å². The maximum atomic E-state index is 14.5. The molecule has 5 nitrogen and oxygen atoms in total. The quantitative estimate of drug-likeness (QED) is 0.244. The predicted octanol–water partition coefficient (Wildman–Crippen LogP) is 5.47. The van der Waals surface area contributed by atoms with Crippen molar-refractivity contribution < 1.29 is 28.6 Å². The molecule has 0 aliphatic rings. The molecular formula is C27H22BrFO5. The Morgan fingerprint density at radius 3 is 1.82 bits per heavy atom. The molecule has 7 heteroatoms. The number of aliphatic hydroxyl groups is 1. The van der Waals surface area contributed by atoms with Crippen molar-refractivity contribution in [3.05, 3.63) is 96.1 Å². The predicted molar refractivity (Wildman–Crippen MR) is 132 cm³/mol. The van der Waals surface area contributed by atoms with Crippen LogP contribution in [0, 0.1) is 0 Å². The van der Waals surface area contributed by atoms with Gasteiger partial charge >= 0.3 is 11.9 Å². The van der Waals surface area contributed by atoms with Gasteiger partial charge in [0.1, 0.15) is 6.61 Å². The van der Waals surface area contributed by atoms with Crippen LogP contribution in [0.4, 0.5) is 4.39 Å². The highest BCUT2D eigenvalue weighted by molar-refractivity contribution is 9.09. The molecule has 4 rings (SSSR count). The smallest absolute Gasteiger partial charge is 0.338 e. The summed E-state index contributed by atoms with van der Waals surface area (Å²) < 4.78 is 25.2. The van der Waals surface area contributed by atoms with Crippen LogP contribution in [0.3, 0.4) is 0 Å². The average molecular weight is 525 g/mol. The Labute approximate surface area is 204 Å². The molecule has 1 N–H and O–H groups in total. The minimum atomic E-state index is -1.87. The number of benzene rings is 4. The van der Waals surface area contributed by atoms with Gasteiger partial charge in [0, 0.05) is 0 Å². The summed E-state index contributed by atoms with van der Waals surface area (Å²) in [5.41, 5.74) is 0.601. The Kier molecular flexibility index (Phi) is 7.55. The third kappa shape index (κ3) is 5.43. The second kappa shape index (κ2) is 10.8. The van der Waals surface area contributed by atoms with E-state index in [-0.39, 0.29) is 12.2 Å². The number of alkyl halides is 2. The van der Waals surface area contributed by atoms with Crippen LogP contribution in [0.1, 0.15) is 20.7 Å². The Balaban J connectivity index is 1.43. The number of hydrogen-bond donors (Lipinski definition) is 1. The number of carbonyl (C=O) groups excluding carboxylic acids is 2. The summed E-state index contributed by atoms with van der Waals surface area (Å²) in [6.07, 6.45) is -3.23. The topological polar surface area (TPSA) is 72.8 Å². The van der Waals surface area contributed by atoms with E-state index in [1.807, 2.05) is 54.6 Å². The molecule has 34 heavy (non-hydrogen) atoms. The van der Waals surface area contributed by atoms with Crippen LogP contribution in [0.25, 0.3) is 21.5 Å². The van der Waals surface area contributed by atoms with Gasteiger partial charge in [0.25, 0.3) is 0 Å². The highest BCUT2D eigenvalue weighted by Crippen LogP contribution is 2.22. The average Bonchev–Trinajstić information content (AvgIpc) is 2.88.